The van der Waals surface area contributed by atoms with Crippen LogP contribution in [0.3, 0.4) is 0 Å². The number of hydrogen-bond donors (Lipinski definition) is 1. The van der Waals surface area contributed by atoms with Gasteiger partial charge in [0.25, 0.3) is 0 Å². The number of rotatable bonds is 3. The van der Waals surface area contributed by atoms with Gasteiger partial charge in [-0.1, -0.05) is 0 Å². The Morgan fingerprint density at radius 2 is 1.88 bits per heavy atom. The molecule has 0 amide bonds. The normalized spacial score (nSPS) is 11.6. The van der Waals surface area contributed by atoms with Crippen LogP contribution in [0.4, 0.5) is 24.7 Å². The van der Waals surface area contributed by atoms with Crippen molar-refractivity contribution in [3.05, 3.63) is 17.8 Å². The lowest BCUT2D eigenvalue weighted by molar-refractivity contribution is -0.137. The Balaban J connectivity index is 3.09. The summed E-state index contributed by atoms with van der Waals surface area (Å²) in [6.45, 7) is 5.09. The molecule has 0 radical (unpaired) electrons. The maximum atomic E-state index is 12.4. The number of nitrogens with zero attached hydrogens (tertiary/aromatic N) is 2. The zero-order valence-corrected chi connectivity index (χ0v) is 9.17. The van der Waals surface area contributed by atoms with E-state index in [2.05, 4.69) is 4.98 Å². The lowest BCUT2D eigenvalue weighted by Crippen LogP contribution is -2.24. The summed E-state index contributed by atoms with van der Waals surface area (Å²) >= 11 is 0. The molecule has 0 aliphatic heterocycles. The average Bonchev–Trinajstić information content (AvgIpc) is 2.20. The molecule has 0 aliphatic carbocycles. The highest BCUT2D eigenvalue weighted by Gasteiger charge is 2.31. The Morgan fingerprint density at radius 1 is 1.31 bits per heavy atom. The Kier molecular flexibility index (Phi) is 3.62. The Hall–Kier alpha value is -1.46. The van der Waals surface area contributed by atoms with E-state index in [-0.39, 0.29) is 5.69 Å². The fourth-order valence-corrected chi connectivity index (χ4v) is 1.42. The van der Waals surface area contributed by atoms with Gasteiger partial charge < -0.3 is 10.6 Å². The van der Waals surface area contributed by atoms with Crippen LogP contribution in [0, 0.1) is 0 Å². The second-order valence-electron chi connectivity index (χ2n) is 3.31. The summed E-state index contributed by atoms with van der Waals surface area (Å²) in [6.07, 6.45) is -3.59. The summed E-state index contributed by atoms with van der Waals surface area (Å²) < 4.78 is 37.1. The van der Waals surface area contributed by atoms with Crippen molar-refractivity contribution in [1.29, 1.82) is 0 Å². The number of anilines is 2. The molecule has 16 heavy (non-hydrogen) atoms. The predicted molar refractivity (Wildman–Crippen MR) is 57.2 cm³/mol. The van der Waals surface area contributed by atoms with Crippen LogP contribution in [0.5, 0.6) is 0 Å². The fraction of sp³-hybridized carbons (Fsp3) is 0.500. The van der Waals surface area contributed by atoms with Crippen molar-refractivity contribution in [2.75, 3.05) is 23.7 Å². The molecule has 3 nitrogen and oxygen atoms in total. The van der Waals surface area contributed by atoms with E-state index >= 15 is 0 Å². The minimum atomic E-state index is -4.40. The van der Waals surface area contributed by atoms with Crippen molar-refractivity contribution in [3.63, 3.8) is 0 Å². The molecule has 2 N–H and O–H groups in total. The van der Waals surface area contributed by atoms with Gasteiger partial charge in [-0.3, -0.25) is 0 Å². The SMILES string of the molecule is CCN(CC)c1ncc(C(F)(F)F)cc1N. The first-order valence-electron chi connectivity index (χ1n) is 4.97. The topological polar surface area (TPSA) is 42.2 Å². The van der Waals surface area contributed by atoms with E-state index in [9.17, 15) is 13.2 Å². The van der Waals surface area contributed by atoms with Gasteiger partial charge in [-0.2, -0.15) is 13.2 Å². The van der Waals surface area contributed by atoms with E-state index in [1.165, 1.54) is 0 Å². The van der Waals surface area contributed by atoms with Gasteiger partial charge in [0.2, 0.25) is 0 Å². The van der Waals surface area contributed by atoms with Crippen LogP contribution in [0.15, 0.2) is 12.3 Å². The third-order valence-corrected chi connectivity index (χ3v) is 2.29. The Labute approximate surface area is 92.1 Å². The monoisotopic (exact) mass is 233 g/mol. The van der Waals surface area contributed by atoms with E-state index < -0.39 is 11.7 Å². The first-order valence-corrected chi connectivity index (χ1v) is 4.97. The highest BCUT2D eigenvalue weighted by atomic mass is 19.4. The lowest BCUT2D eigenvalue weighted by atomic mass is 10.2. The molecule has 1 aromatic heterocycles. The highest BCUT2D eigenvalue weighted by molar-refractivity contribution is 5.63. The van der Waals surface area contributed by atoms with Crippen molar-refractivity contribution in [3.8, 4) is 0 Å². The number of aromatic nitrogens is 1. The minimum Gasteiger partial charge on any atom is -0.396 e. The number of nitrogens with two attached hydrogens (primary N) is 1. The number of alkyl halides is 3. The highest BCUT2D eigenvalue weighted by Crippen LogP contribution is 2.32. The molecule has 1 rings (SSSR count). The summed E-state index contributed by atoms with van der Waals surface area (Å²) in [5.41, 5.74) is 4.80. The fourth-order valence-electron chi connectivity index (χ4n) is 1.42. The summed E-state index contributed by atoms with van der Waals surface area (Å²) in [5, 5.41) is 0. The zero-order chi connectivity index (χ0) is 12.3. The van der Waals surface area contributed by atoms with Crippen LogP contribution in [0.1, 0.15) is 19.4 Å². The van der Waals surface area contributed by atoms with Gasteiger partial charge in [-0.15, -0.1) is 0 Å². The van der Waals surface area contributed by atoms with Gasteiger partial charge in [-0.25, -0.2) is 4.98 Å². The molecule has 0 aromatic carbocycles. The van der Waals surface area contributed by atoms with Crippen LogP contribution in [0.2, 0.25) is 0 Å². The molecule has 6 heteroatoms. The summed E-state index contributed by atoms with van der Waals surface area (Å²) in [6, 6.07) is 0.917. The third kappa shape index (κ3) is 2.56. The van der Waals surface area contributed by atoms with Crippen LogP contribution < -0.4 is 10.6 Å². The molecule has 0 spiro atoms. The second kappa shape index (κ2) is 4.59. The van der Waals surface area contributed by atoms with E-state index in [4.69, 9.17) is 5.73 Å². The van der Waals surface area contributed by atoms with E-state index in [1.807, 2.05) is 13.8 Å². The van der Waals surface area contributed by atoms with Crippen molar-refractivity contribution in [1.82, 2.24) is 4.98 Å². The predicted octanol–water partition coefficient (Wildman–Crippen LogP) is 2.53. The molecule has 0 fully saturated rings. The zero-order valence-electron chi connectivity index (χ0n) is 9.17. The van der Waals surface area contributed by atoms with Crippen LogP contribution >= 0.6 is 0 Å². The molecule has 0 aliphatic rings. The van der Waals surface area contributed by atoms with E-state index in [0.717, 1.165) is 12.3 Å². The van der Waals surface area contributed by atoms with Gasteiger partial charge in [-0.05, 0) is 19.9 Å². The van der Waals surface area contributed by atoms with Gasteiger partial charge in [0.15, 0.2) is 5.82 Å². The maximum Gasteiger partial charge on any atom is 0.417 e. The summed E-state index contributed by atoms with van der Waals surface area (Å²) in [4.78, 5) is 5.57. The first-order chi connectivity index (χ1) is 7.40. The third-order valence-electron chi connectivity index (χ3n) is 2.29. The summed E-state index contributed by atoms with van der Waals surface area (Å²) in [7, 11) is 0. The molecule has 0 bridgehead atoms. The van der Waals surface area contributed by atoms with Crippen LogP contribution in [-0.2, 0) is 6.18 Å². The van der Waals surface area contributed by atoms with E-state index in [0.29, 0.717) is 18.9 Å². The van der Waals surface area contributed by atoms with Gasteiger partial charge in [0.05, 0.1) is 11.3 Å². The van der Waals surface area contributed by atoms with Crippen molar-refractivity contribution < 1.29 is 13.2 Å². The summed E-state index contributed by atoms with van der Waals surface area (Å²) in [5.74, 6) is 0.401. The number of pyridine rings is 1. The minimum absolute atomic E-state index is 0.0542. The molecule has 0 saturated heterocycles. The van der Waals surface area contributed by atoms with Crippen molar-refractivity contribution in [2.45, 2.75) is 20.0 Å². The molecular formula is C10H14F3N3. The van der Waals surface area contributed by atoms with Gasteiger partial charge in [0, 0.05) is 19.3 Å². The maximum absolute atomic E-state index is 12.4. The van der Waals surface area contributed by atoms with E-state index in [1.54, 1.807) is 4.90 Å². The van der Waals surface area contributed by atoms with Gasteiger partial charge >= 0.3 is 6.18 Å². The first kappa shape index (κ1) is 12.6. The molecule has 0 atom stereocenters. The number of nitrogen functional groups attached to an aromatic ring is 1. The Morgan fingerprint density at radius 3 is 2.25 bits per heavy atom. The van der Waals surface area contributed by atoms with Crippen molar-refractivity contribution in [2.24, 2.45) is 0 Å². The standard InChI is InChI=1S/C10H14F3N3/c1-3-16(4-2)9-8(14)5-7(6-15-9)10(11,12)13/h5-6H,3-4,14H2,1-2H3. The molecule has 1 aromatic rings. The molecule has 0 unspecified atom stereocenters. The number of hydrogen-bond acceptors (Lipinski definition) is 3. The quantitative estimate of drug-likeness (QED) is 0.872. The molecule has 0 saturated carbocycles. The molecule has 1 heterocycles. The largest absolute Gasteiger partial charge is 0.417 e. The van der Waals surface area contributed by atoms with Crippen LogP contribution in [0.25, 0.3) is 0 Å². The Bertz CT molecular complexity index is 359. The average molecular weight is 233 g/mol. The van der Waals surface area contributed by atoms with Gasteiger partial charge in [0.1, 0.15) is 0 Å². The lowest BCUT2D eigenvalue weighted by Gasteiger charge is -2.21. The second-order valence-corrected chi connectivity index (χ2v) is 3.31. The molecular weight excluding hydrogens is 219 g/mol. The molecule has 90 valence electrons. The number of halogens is 3. The van der Waals surface area contributed by atoms with Crippen molar-refractivity contribution >= 4 is 11.5 Å². The smallest absolute Gasteiger partial charge is 0.396 e. The van der Waals surface area contributed by atoms with Crippen LogP contribution in [-0.4, -0.2) is 18.1 Å².